The molecule has 0 N–H and O–H groups in total. The molecule has 72 valence electrons. The molecule has 2 rings (SSSR count). The lowest BCUT2D eigenvalue weighted by molar-refractivity contribution is 0.399. The summed E-state index contributed by atoms with van der Waals surface area (Å²) in [6.07, 6.45) is 0. The van der Waals surface area contributed by atoms with Crippen molar-refractivity contribution < 1.29 is 4.52 Å². The van der Waals surface area contributed by atoms with Crippen molar-refractivity contribution in [3.63, 3.8) is 0 Å². The van der Waals surface area contributed by atoms with Crippen LogP contribution in [0.25, 0.3) is 11.3 Å². The molecule has 2 nitrogen and oxygen atoms in total. The molecule has 2 aromatic rings. The normalized spacial score (nSPS) is 10.4. The highest BCUT2D eigenvalue weighted by molar-refractivity contribution is 14.1. The molecule has 1 aromatic heterocycles. The summed E-state index contributed by atoms with van der Waals surface area (Å²) in [5.74, 6) is 0.885. The van der Waals surface area contributed by atoms with Crippen molar-refractivity contribution in [3.8, 4) is 11.3 Å². The van der Waals surface area contributed by atoms with Gasteiger partial charge in [-0.15, -0.1) is 0 Å². The first-order chi connectivity index (χ1) is 6.79. The lowest BCUT2D eigenvalue weighted by Crippen LogP contribution is -1.75. The average Bonchev–Trinajstić information content (AvgIpc) is 2.67. The molecular formula is C10H7ClINO. The van der Waals surface area contributed by atoms with Crippen LogP contribution in [0, 0.1) is 0 Å². The molecule has 0 unspecified atom stereocenters. The third-order valence-electron chi connectivity index (χ3n) is 1.83. The van der Waals surface area contributed by atoms with Crippen molar-refractivity contribution in [1.29, 1.82) is 0 Å². The number of halogens is 2. The van der Waals surface area contributed by atoms with Crippen LogP contribution in [0.4, 0.5) is 0 Å². The Morgan fingerprint density at radius 2 is 2.00 bits per heavy atom. The number of alkyl halides is 1. The maximum absolute atomic E-state index is 5.79. The zero-order valence-electron chi connectivity index (χ0n) is 7.21. The summed E-state index contributed by atoms with van der Waals surface area (Å²) in [6, 6.07) is 9.48. The summed E-state index contributed by atoms with van der Waals surface area (Å²) < 4.78 is 5.94. The van der Waals surface area contributed by atoms with Crippen LogP contribution in [0.2, 0.25) is 5.02 Å². The fraction of sp³-hybridized carbons (Fsp3) is 0.100. The van der Waals surface area contributed by atoms with Gasteiger partial charge in [-0.3, -0.25) is 0 Å². The monoisotopic (exact) mass is 319 g/mol. The molecule has 14 heavy (non-hydrogen) atoms. The highest BCUT2D eigenvalue weighted by Gasteiger charge is 2.04. The minimum Gasteiger partial charge on any atom is -0.360 e. The lowest BCUT2D eigenvalue weighted by Gasteiger charge is -1.93. The van der Waals surface area contributed by atoms with E-state index in [1.807, 2.05) is 30.3 Å². The Hall–Kier alpha value is -0.550. The second-order valence-electron chi connectivity index (χ2n) is 2.82. The molecule has 1 aromatic carbocycles. The summed E-state index contributed by atoms with van der Waals surface area (Å²) in [6.45, 7) is 0. The highest BCUT2D eigenvalue weighted by Crippen LogP contribution is 2.21. The van der Waals surface area contributed by atoms with Gasteiger partial charge in [0, 0.05) is 16.7 Å². The fourth-order valence-electron chi connectivity index (χ4n) is 1.13. The summed E-state index contributed by atoms with van der Waals surface area (Å²) >= 11 is 8.02. The zero-order valence-corrected chi connectivity index (χ0v) is 10.1. The first-order valence-electron chi connectivity index (χ1n) is 4.07. The molecule has 0 radical (unpaired) electrons. The SMILES string of the molecule is Clc1ccc(-c2cc(CI)on2)cc1. The van der Waals surface area contributed by atoms with E-state index in [1.54, 1.807) is 0 Å². The minimum atomic E-state index is 0.728. The zero-order chi connectivity index (χ0) is 9.97. The van der Waals surface area contributed by atoms with Crippen LogP contribution in [0.3, 0.4) is 0 Å². The van der Waals surface area contributed by atoms with E-state index < -0.39 is 0 Å². The summed E-state index contributed by atoms with van der Waals surface area (Å²) in [5.41, 5.74) is 1.88. The van der Waals surface area contributed by atoms with Crippen LogP contribution in [0.5, 0.6) is 0 Å². The van der Waals surface area contributed by atoms with Crippen LogP contribution in [0.15, 0.2) is 34.9 Å². The molecule has 0 atom stereocenters. The molecule has 0 bridgehead atoms. The van der Waals surface area contributed by atoms with Crippen molar-refractivity contribution in [1.82, 2.24) is 5.16 Å². The van der Waals surface area contributed by atoms with Gasteiger partial charge in [-0.25, -0.2) is 0 Å². The second kappa shape index (κ2) is 4.31. The van der Waals surface area contributed by atoms with E-state index in [0.29, 0.717) is 0 Å². The number of aromatic nitrogens is 1. The van der Waals surface area contributed by atoms with Gasteiger partial charge in [0.2, 0.25) is 0 Å². The maximum atomic E-state index is 5.79. The third kappa shape index (κ3) is 2.09. The number of rotatable bonds is 2. The quantitative estimate of drug-likeness (QED) is 0.619. The van der Waals surface area contributed by atoms with E-state index in [0.717, 1.165) is 26.5 Å². The smallest absolute Gasteiger partial charge is 0.147 e. The van der Waals surface area contributed by atoms with Gasteiger partial charge in [-0.2, -0.15) is 0 Å². The molecule has 0 fully saturated rings. The van der Waals surface area contributed by atoms with Gasteiger partial charge in [0.05, 0.1) is 4.43 Å². The first-order valence-corrected chi connectivity index (χ1v) is 5.97. The summed E-state index contributed by atoms with van der Waals surface area (Å²) in [4.78, 5) is 0. The van der Waals surface area contributed by atoms with Crippen LogP contribution in [-0.4, -0.2) is 5.16 Å². The van der Waals surface area contributed by atoms with Gasteiger partial charge < -0.3 is 4.52 Å². The Bertz CT molecular complexity index is 424. The molecule has 0 aliphatic carbocycles. The number of nitrogens with zero attached hydrogens (tertiary/aromatic N) is 1. The predicted molar refractivity (Wildman–Crippen MR) is 64.7 cm³/mol. The van der Waals surface area contributed by atoms with Gasteiger partial charge in [-0.05, 0) is 12.1 Å². The maximum Gasteiger partial charge on any atom is 0.147 e. The van der Waals surface area contributed by atoms with E-state index in [4.69, 9.17) is 16.1 Å². The van der Waals surface area contributed by atoms with Crippen LogP contribution >= 0.6 is 34.2 Å². The average molecular weight is 320 g/mol. The Morgan fingerprint density at radius 3 is 2.57 bits per heavy atom. The van der Waals surface area contributed by atoms with Crippen molar-refractivity contribution in [3.05, 3.63) is 41.1 Å². The van der Waals surface area contributed by atoms with Crippen molar-refractivity contribution in [2.24, 2.45) is 0 Å². The Kier molecular flexibility index (Phi) is 3.08. The van der Waals surface area contributed by atoms with E-state index in [-0.39, 0.29) is 0 Å². The van der Waals surface area contributed by atoms with E-state index in [1.165, 1.54) is 0 Å². The van der Waals surface area contributed by atoms with Crippen molar-refractivity contribution in [2.45, 2.75) is 4.43 Å². The van der Waals surface area contributed by atoms with Gasteiger partial charge in [-0.1, -0.05) is 51.5 Å². The Morgan fingerprint density at radius 1 is 1.29 bits per heavy atom. The topological polar surface area (TPSA) is 26.0 Å². The summed E-state index contributed by atoms with van der Waals surface area (Å²) in [5, 5.41) is 4.69. The third-order valence-corrected chi connectivity index (χ3v) is 2.83. The molecule has 0 saturated heterocycles. The molecule has 0 saturated carbocycles. The second-order valence-corrected chi connectivity index (χ2v) is 4.02. The van der Waals surface area contributed by atoms with E-state index >= 15 is 0 Å². The van der Waals surface area contributed by atoms with E-state index in [9.17, 15) is 0 Å². The van der Waals surface area contributed by atoms with Gasteiger partial charge >= 0.3 is 0 Å². The molecule has 0 aliphatic rings. The molecular weight excluding hydrogens is 312 g/mol. The Labute approximate surface area is 100 Å². The molecule has 0 aliphatic heterocycles. The Balaban J connectivity index is 2.34. The number of hydrogen-bond donors (Lipinski definition) is 0. The molecule has 1 heterocycles. The molecule has 0 spiro atoms. The lowest BCUT2D eigenvalue weighted by atomic mass is 10.1. The molecule has 0 amide bonds. The number of benzene rings is 1. The van der Waals surface area contributed by atoms with E-state index in [2.05, 4.69) is 27.7 Å². The highest BCUT2D eigenvalue weighted by atomic mass is 127. The standard InChI is InChI=1S/C10H7ClINO/c11-8-3-1-7(2-4-8)10-5-9(6-12)14-13-10/h1-5H,6H2. The number of hydrogen-bond acceptors (Lipinski definition) is 2. The van der Waals surface area contributed by atoms with Gasteiger partial charge in [0.25, 0.3) is 0 Å². The van der Waals surface area contributed by atoms with Crippen molar-refractivity contribution >= 4 is 34.2 Å². The van der Waals surface area contributed by atoms with Gasteiger partial charge in [0.1, 0.15) is 11.5 Å². The molecule has 4 heteroatoms. The van der Waals surface area contributed by atoms with Crippen molar-refractivity contribution in [2.75, 3.05) is 0 Å². The van der Waals surface area contributed by atoms with Crippen LogP contribution in [0.1, 0.15) is 5.76 Å². The minimum absolute atomic E-state index is 0.728. The fourth-order valence-corrected chi connectivity index (χ4v) is 1.62. The van der Waals surface area contributed by atoms with Crippen LogP contribution in [-0.2, 0) is 4.43 Å². The van der Waals surface area contributed by atoms with Gasteiger partial charge in [0.15, 0.2) is 0 Å². The first kappa shape index (κ1) is 9.98. The van der Waals surface area contributed by atoms with Crippen LogP contribution < -0.4 is 0 Å². The predicted octanol–water partition coefficient (Wildman–Crippen LogP) is 3.93. The largest absolute Gasteiger partial charge is 0.360 e. The summed E-state index contributed by atoms with van der Waals surface area (Å²) in [7, 11) is 0.